The number of likely N-dealkylation sites (tertiary alicyclic amines) is 1. The smallest absolute Gasteiger partial charge is 0.332 e. The minimum Gasteiger partial charge on any atom is -0.480 e. The summed E-state index contributed by atoms with van der Waals surface area (Å²) in [6, 6.07) is 17.6. The molecule has 1 aliphatic heterocycles. The molecule has 0 saturated carbocycles. The molecule has 2 aromatic heterocycles. The van der Waals surface area contributed by atoms with Crippen LogP contribution in [0, 0.1) is 0 Å². The van der Waals surface area contributed by atoms with Crippen LogP contribution in [0.1, 0.15) is 35.1 Å². The van der Waals surface area contributed by atoms with Gasteiger partial charge in [0.15, 0.2) is 11.2 Å². The summed E-state index contributed by atoms with van der Waals surface area (Å²) in [5, 5.41) is 8.70. The number of nitrogens with zero attached hydrogens (tertiary/aromatic N) is 5. The lowest BCUT2D eigenvalue weighted by atomic mass is 9.86. The number of carbonyl (C=O) groups is 1. The molecule has 0 spiro atoms. The molecule has 0 radical (unpaired) electrons. The minimum atomic E-state index is -1.08. The van der Waals surface area contributed by atoms with Crippen molar-refractivity contribution in [3.63, 3.8) is 0 Å². The van der Waals surface area contributed by atoms with Crippen molar-refractivity contribution < 1.29 is 9.90 Å². The van der Waals surface area contributed by atoms with Crippen LogP contribution in [0.25, 0.3) is 28.9 Å². The summed E-state index contributed by atoms with van der Waals surface area (Å²) in [5.74, 6) is -1.08. The fourth-order valence-corrected chi connectivity index (χ4v) is 5.25. The quantitative estimate of drug-likeness (QED) is 0.380. The number of hydrogen-bond acceptors (Lipinski definition) is 5. The monoisotopic (exact) mass is 525 g/mol. The van der Waals surface area contributed by atoms with Crippen molar-refractivity contribution >= 4 is 34.9 Å². The summed E-state index contributed by atoms with van der Waals surface area (Å²) in [4.78, 5) is 40.4. The SMILES string of the molecule is CN1CCC(=C2c3ccccc3C=Cc3ccccc32)CC1.Cn1c(=O)c2c(ncn2CC(=O)O)n(C)c1=O. The first-order valence-corrected chi connectivity index (χ1v) is 12.9. The summed E-state index contributed by atoms with van der Waals surface area (Å²) < 4.78 is 3.33. The van der Waals surface area contributed by atoms with E-state index < -0.39 is 17.2 Å². The Hall–Kier alpha value is -4.50. The van der Waals surface area contributed by atoms with Crippen molar-refractivity contribution in [2.75, 3.05) is 20.1 Å². The van der Waals surface area contributed by atoms with Gasteiger partial charge in [0.1, 0.15) is 6.54 Å². The van der Waals surface area contributed by atoms with E-state index >= 15 is 0 Å². The Morgan fingerprint density at radius 1 is 0.872 bits per heavy atom. The third-order valence-corrected chi connectivity index (χ3v) is 7.37. The number of carboxylic acids is 1. The van der Waals surface area contributed by atoms with Gasteiger partial charge in [0.25, 0.3) is 5.56 Å². The molecule has 1 saturated heterocycles. The second-order valence-electron chi connectivity index (χ2n) is 9.93. The molecule has 0 unspecified atom stereocenters. The van der Waals surface area contributed by atoms with E-state index in [1.165, 1.54) is 70.2 Å². The maximum absolute atomic E-state index is 11.9. The number of fused-ring (bicyclic) bond motifs is 3. The first-order chi connectivity index (χ1) is 18.8. The molecule has 1 aliphatic carbocycles. The molecule has 2 aromatic carbocycles. The van der Waals surface area contributed by atoms with E-state index in [2.05, 4.69) is 77.6 Å². The van der Waals surface area contributed by atoms with E-state index in [1.807, 2.05) is 0 Å². The minimum absolute atomic E-state index is 0.108. The van der Waals surface area contributed by atoms with Crippen molar-refractivity contribution in [3.05, 3.63) is 104 Å². The van der Waals surface area contributed by atoms with Crippen molar-refractivity contribution in [2.24, 2.45) is 14.1 Å². The van der Waals surface area contributed by atoms with Crippen LogP contribution in [0.3, 0.4) is 0 Å². The molecule has 1 N–H and O–H groups in total. The fourth-order valence-electron chi connectivity index (χ4n) is 5.25. The summed E-state index contributed by atoms with van der Waals surface area (Å²) in [6.07, 6.45) is 8.11. The molecule has 200 valence electrons. The third-order valence-electron chi connectivity index (χ3n) is 7.37. The zero-order valence-electron chi connectivity index (χ0n) is 22.3. The van der Waals surface area contributed by atoms with Crippen molar-refractivity contribution in [3.8, 4) is 0 Å². The Labute approximate surface area is 225 Å². The second-order valence-corrected chi connectivity index (χ2v) is 9.93. The third kappa shape index (κ3) is 5.00. The maximum Gasteiger partial charge on any atom is 0.332 e. The van der Waals surface area contributed by atoms with Gasteiger partial charge in [-0.3, -0.25) is 18.7 Å². The molecule has 9 heteroatoms. The van der Waals surface area contributed by atoms with Crippen LogP contribution in [0.2, 0.25) is 0 Å². The number of piperidine rings is 1. The van der Waals surface area contributed by atoms with Gasteiger partial charge in [-0.15, -0.1) is 0 Å². The fraction of sp³-hybridized carbons (Fsp3) is 0.267. The lowest BCUT2D eigenvalue weighted by Crippen LogP contribution is -2.37. The van der Waals surface area contributed by atoms with Crippen LogP contribution in [0.5, 0.6) is 0 Å². The highest BCUT2D eigenvalue weighted by Crippen LogP contribution is 2.38. The van der Waals surface area contributed by atoms with Crippen molar-refractivity contribution in [2.45, 2.75) is 19.4 Å². The molecule has 0 bridgehead atoms. The van der Waals surface area contributed by atoms with E-state index in [0.29, 0.717) is 0 Å². The molecule has 3 heterocycles. The largest absolute Gasteiger partial charge is 0.480 e. The van der Waals surface area contributed by atoms with Crippen LogP contribution in [-0.2, 0) is 25.4 Å². The van der Waals surface area contributed by atoms with Gasteiger partial charge in [-0.2, -0.15) is 0 Å². The summed E-state index contributed by atoms with van der Waals surface area (Å²) in [7, 11) is 5.03. The van der Waals surface area contributed by atoms with E-state index in [0.717, 1.165) is 17.7 Å². The predicted molar refractivity (Wildman–Crippen MR) is 152 cm³/mol. The topological polar surface area (TPSA) is 102 Å². The van der Waals surface area contributed by atoms with E-state index in [4.69, 9.17) is 5.11 Å². The maximum atomic E-state index is 11.9. The highest BCUT2D eigenvalue weighted by molar-refractivity contribution is 5.94. The summed E-state index contributed by atoms with van der Waals surface area (Å²) in [5.41, 5.74) is 7.78. The van der Waals surface area contributed by atoms with Gasteiger partial charge in [-0.1, -0.05) is 66.3 Å². The number of imidazole rings is 1. The average Bonchev–Trinajstić information content (AvgIpc) is 3.27. The second kappa shape index (κ2) is 10.7. The molecular weight excluding hydrogens is 494 g/mol. The number of benzene rings is 2. The first-order valence-electron chi connectivity index (χ1n) is 12.9. The Bertz CT molecular complexity index is 1690. The molecular formula is C30H31N5O4. The van der Waals surface area contributed by atoms with Gasteiger partial charge >= 0.3 is 11.7 Å². The highest BCUT2D eigenvalue weighted by Gasteiger charge is 2.21. The standard InChI is InChI=1S/C21H21N.C9H10N4O4/c1-22-14-12-18(13-15-22)21-19-8-4-2-6-16(19)10-11-17-7-3-5-9-20(17)21;1-11-7-6(8(16)12(2)9(11)17)13(4-10-7)3-5(14)15/h2-11H,12-15H2,1H3;4H,3H2,1-2H3,(H,14,15). The molecule has 0 amide bonds. The van der Waals surface area contributed by atoms with Crippen LogP contribution in [-0.4, -0.2) is 54.8 Å². The normalized spacial score (nSPS) is 14.8. The molecule has 4 aromatic rings. The van der Waals surface area contributed by atoms with Crippen LogP contribution in [0.15, 0.2) is 70.0 Å². The van der Waals surface area contributed by atoms with E-state index in [9.17, 15) is 14.4 Å². The van der Waals surface area contributed by atoms with Gasteiger partial charge in [-0.25, -0.2) is 9.78 Å². The average molecular weight is 526 g/mol. The van der Waals surface area contributed by atoms with Gasteiger partial charge < -0.3 is 14.6 Å². The molecule has 39 heavy (non-hydrogen) atoms. The Balaban J connectivity index is 0.000000164. The first kappa shape index (κ1) is 26.1. The number of aryl methyl sites for hydroxylation is 1. The number of rotatable bonds is 2. The van der Waals surface area contributed by atoms with E-state index in [1.54, 1.807) is 5.57 Å². The summed E-state index contributed by atoms with van der Waals surface area (Å²) in [6.45, 7) is 1.96. The number of aromatic nitrogens is 4. The molecule has 9 nitrogen and oxygen atoms in total. The van der Waals surface area contributed by atoms with Crippen molar-refractivity contribution in [1.29, 1.82) is 0 Å². The Kier molecular flexibility index (Phi) is 7.17. The van der Waals surface area contributed by atoms with E-state index in [-0.39, 0.29) is 17.7 Å². The van der Waals surface area contributed by atoms with Gasteiger partial charge in [0.2, 0.25) is 0 Å². The Morgan fingerprint density at radius 3 is 2.00 bits per heavy atom. The van der Waals surface area contributed by atoms with Gasteiger partial charge in [0, 0.05) is 27.2 Å². The number of hydrogen-bond donors (Lipinski definition) is 1. The van der Waals surface area contributed by atoms with Crippen molar-refractivity contribution in [1.82, 2.24) is 23.6 Å². The lowest BCUT2D eigenvalue weighted by molar-refractivity contribution is -0.137. The molecule has 0 atom stereocenters. The molecule has 1 fully saturated rings. The van der Waals surface area contributed by atoms with Crippen LogP contribution >= 0.6 is 0 Å². The number of aliphatic carboxylic acids is 1. The highest BCUT2D eigenvalue weighted by atomic mass is 16.4. The molecule has 2 aliphatic rings. The Morgan fingerprint density at radius 2 is 1.44 bits per heavy atom. The van der Waals surface area contributed by atoms with Gasteiger partial charge in [0.05, 0.1) is 6.33 Å². The zero-order chi connectivity index (χ0) is 27.7. The van der Waals surface area contributed by atoms with Crippen LogP contribution in [0.4, 0.5) is 0 Å². The summed E-state index contributed by atoms with van der Waals surface area (Å²) >= 11 is 0. The van der Waals surface area contributed by atoms with Gasteiger partial charge in [-0.05, 0) is 47.7 Å². The zero-order valence-corrected chi connectivity index (χ0v) is 22.3. The lowest BCUT2D eigenvalue weighted by Gasteiger charge is -2.27. The molecule has 6 rings (SSSR count). The number of carboxylic acid groups (broad SMARTS) is 1. The predicted octanol–water partition coefficient (Wildman–Crippen LogP) is 3.22. The van der Waals surface area contributed by atoms with Crippen LogP contribution < -0.4 is 11.2 Å².